The number of nitrogens with one attached hydrogen (secondary N) is 1. The lowest BCUT2D eigenvalue weighted by molar-refractivity contribution is -0.140. The molecule has 0 radical (unpaired) electrons. The van der Waals surface area contributed by atoms with Crippen molar-refractivity contribution in [2.75, 3.05) is 5.73 Å². The average Bonchev–Trinajstić information content (AvgIpc) is 2.31. The molecule has 0 aliphatic rings. The minimum absolute atomic E-state index is 0.0715. The fraction of sp³-hybridized carbons (Fsp3) is 0.545. The van der Waals surface area contributed by atoms with Gasteiger partial charge in [0.15, 0.2) is 0 Å². The van der Waals surface area contributed by atoms with Crippen molar-refractivity contribution in [1.29, 1.82) is 0 Å². The normalized spacial score (nSPS) is 14.2. The molecule has 0 unspecified atom stereocenters. The van der Waals surface area contributed by atoms with Gasteiger partial charge in [-0.15, -0.1) is 0 Å². The van der Waals surface area contributed by atoms with Gasteiger partial charge in [-0.05, 0) is 5.92 Å². The topological polar surface area (TPSA) is 101 Å². The van der Waals surface area contributed by atoms with E-state index in [0.29, 0.717) is 6.54 Å². The molecule has 1 aromatic heterocycles. The third kappa shape index (κ3) is 3.99. The summed E-state index contributed by atoms with van der Waals surface area (Å²) in [6, 6.07) is -0.558. The SMILES string of the molecule is CC[C@@H](C)[C@@H](NCc1cnc(N)nc1)C(=O)O. The molecule has 1 rings (SSSR count). The van der Waals surface area contributed by atoms with Crippen LogP contribution in [0.3, 0.4) is 0 Å². The highest BCUT2D eigenvalue weighted by Crippen LogP contribution is 2.09. The van der Waals surface area contributed by atoms with Crippen LogP contribution in [0.25, 0.3) is 0 Å². The van der Waals surface area contributed by atoms with E-state index in [1.807, 2.05) is 13.8 Å². The number of aliphatic carboxylic acids is 1. The Bertz CT molecular complexity index is 366. The van der Waals surface area contributed by atoms with Crippen molar-refractivity contribution in [2.45, 2.75) is 32.9 Å². The van der Waals surface area contributed by atoms with Gasteiger partial charge in [0.2, 0.25) is 5.95 Å². The van der Waals surface area contributed by atoms with Crippen molar-refractivity contribution in [3.05, 3.63) is 18.0 Å². The van der Waals surface area contributed by atoms with Crippen LogP contribution >= 0.6 is 0 Å². The summed E-state index contributed by atoms with van der Waals surface area (Å²) in [7, 11) is 0. The summed E-state index contributed by atoms with van der Waals surface area (Å²) in [6.45, 7) is 4.29. The predicted octanol–water partition coefficient (Wildman–Crippen LogP) is 0.648. The average molecular weight is 238 g/mol. The van der Waals surface area contributed by atoms with Gasteiger partial charge >= 0.3 is 5.97 Å². The van der Waals surface area contributed by atoms with Crippen LogP contribution in [0.4, 0.5) is 5.95 Å². The maximum Gasteiger partial charge on any atom is 0.320 e. The van der Waals surface area contributed by atoms with E-state index in [2.05, 4.69) is 15.3 Å². The number of carboxylic acid groups (broad SMARTS) is 1. The van der Waals surface area contributed by atoms with E-state index in [-0.39, 0.29) is 11.9 Å². The monoisotopic (exact) mass is 238 g/mol. The molecular formula is C11H18N4O2. The number of rotatable bonds is 6. The summed E-state index contributed by atoms with van der Waals surface area (Å²) in [5.41, 5.74) is 6.18. The van der Waals surface area contributed by atoms with Crippen LogP contribution in [0.15, 0.2) is 12.4 Å². The summed E-state index contributed by atoms with van der Waals surface area (Å²) in [5.74, 6) is -0.552. The Morgan fingerprint density at radius 3 is 2.59 bits per heavy atom. The molecule has 0 bridgehead atoms. The number of nitrogens with two attached hydrogens (primary N) is 1. The molecule has 0 spiro atoms. The Morgan fingerprint density at radius 1 is 1.53 bits per heavy atom. The Morgan fingerprint density at radius 2 is 2.12 bits per heavy atom. The highest BCUT2D eigenvalue weighted by molar-refractivity contribution is 5.73. The minimum atomic E-state index is -0.837. The van der Waals surface area contributed by atoms with Gasteiger partial charge in [-0.1, -0.05) is 20.3 Å². The lowest BCUT2D eigenvalue weighted by Gasteiger charge is -2.19. The van der Waals surface area contributed by atoms with Crippen LogP contribution in [0, 0.1) is 5.92 Å². The zero-order valence-corrected chi connectivity index (χ0v) is 10.1. The van der Waals surface area contributed by atoms with Crippen LogP contribution in [-0.2, 0) is 11.3 Å². The maximum atomic E-state index is 11.1. The van der Waals surface area contributed by atoms with Gasteiger partial charge in [-0.3, -0.25) is 10.1 Å². The predicted molar refractivity (Wildman–Crippen MR) is 64.2 cm³/mol. The zero-order chi connectivity index (χ0) is 12.8. The Hall–Kier alpha value is -1.69. The molecule has 0 fully saturated rings. The molecule has 1 heterocycles. The molecular weight excluding hydrogens is 220 g/mol. The fourth-order valence-corrected chi connectivity index (χ4v) is 1.45. The smallest absolute Gasteiger partial charge is 0.320 e. The number of nitrogen functional groups attached to an aromatic ring is 1. The summed E-state index contributed by atoms with van der Waals surface area (Å²) in [5, 5.41) is 12.1. The van der Waals surface area contributed by atoms with E-state index in [9.17, 15) is 4.79 Å². The van der Waals surface area contributed by atoms with Crippen LogP contribution in [0.1, 0.15) is 25.8 Å². The standard InChI is InChI=1S/C11H18N4O2/c1-3-7(2)9(10(16)17)13-4-8-5-14-11(12)15-6-8/h5-7,9,13H,3-4H2,1-2H3,(H,16,17)(H2,12,14,15)/t7-,9-/m1/s1. The van der Waals surface area contributed by atoms with Crippen LogP contribution in [0.2, 0.25) is 0 Å². The first-order chi connectivity index (χ1) is 8.04. The molecule has 1 aromatic rings. The second-order valence-electron chi connectivity index (χ2n) is 4.03. The third-order valence-electron chi connectivity index (χ3n) is 2.73. The molecule has 0 aromatic carbocycles. The molecule has 6 heteroatoms. The van der Waals surface area contributed by atoms with Gasteiger partial charge in [0.25, 0.3) is 0 Å². The first-order valence-electron chi connectivity index (χ1n) is 5.57. The van der Waals surface area contributed by atoms with Gasteiger partial charge in [-0.2, -0.15) is 0 Å². The summed E-state index contributed by atoms with van der Waals surface area (Å²) < 4.78 is 0. The fourth-order valence-electron chi connectivity index (χ4n) is 1.45. The van der Waals surface area contributed by atoms with E-state index in [0.717, 1.165) is 12.0 Å². The van der Waals surface area contributed by atoms with Crippen molar-refractivity contribution in [3.63, 3.8) is 0 Å². The molecule has 0 saturated carbocycles. The van der Waals surface area contributed by atoms with Gasteiger partial charge in [0, 0.05) is 24.5 Å². The van der Waals surface area contributed by atoms with Crippen molar-refractivity contribution in [1.82, 2.24) is 15.3 Å². The molecule has 2 atom stereocenters. The van der Waals surface area contributed by atoms with E-state index >= 15 is 0 Å². The highest BCUT2D eigenvalue weighted by Gasteiger charge is 2.22. The molecule has 0 amide bonds. The molecule has 6 nitrogen and oxygen atoms in total. The Balaban J connectivity index is 2.57. The van der Waals surface area contributed by atoms with Crippen LogP contribution in [-0.4, -0.2) is 27.1 Å². The largest absolute Gasteiger partial charge is 0.480 e. The van der Waals surface area contributed by atoms with Crippen LogP contribution < -0.4 is 11.1 Å². The van der Waals surface area contributed by atoms with Gasteiger partial charge < -0.3 is 10.8 Å². The second kappa shape index (κ2) is 6.15. The lowest BCUT2D eigenvalue weighted by atomic mass is 9.99. The van der Waals surface area contributed by atoms with Gasteiger partial charge in [0.05, 0.1) is 0 Å². The quantitative estimate of drug-likeness (QED) is 0.672. The van der Waals surface area contributed by atoms with Crippen molar-refractivity contribution < 1.29 is 9.90 Å². The second-order valence-corrected chi connectivity index (χ2v) is 4.03. The lowest BCUT2D eigenvalue weighted by Crippen LogP contribution is -2.41. The molecule has 4 N–H and O–H groups in total. The minimum Gasteiger partial charge on any atom is -0.480 e. The number of anilines is 1. The molecule has 17 heavy (non-hydrogen) atoms. The van der Waals surface area contributed by atoms with Crippen LogP contribution in [0.5, 0.6) is 0 Å². The summed E-state index contributed by atoms with van der Waals surface area (Å²) >= 11 is 0. The molecule has 0 aliphatic carbocycles. The van der Waals surface area contributed by atoms with E-state index in [1.165, 1.54) is 0 Å². The van der Waals surface area contributed by atoms with E-state index < -0.39 is 12.0 Å². The number of carbonyl (C=O) groups is 1. The van der Waals surface area contributed by atoms with Gasteiger partial charge in [-0.25, -0.2) is 9.97 Å². The first-order valence-corrected chi connectivity index (χ1v) is 5.57. The molecule has 0 saturated heterocycles. The van der Waals surface area contributed by atoms with Crippen molar-refractivity contribution >= 4 is 11.9 Å². The third-order valence-corrected chi connectivity index (χ3v) is 2.73. The number of nitrogens with zero attached hydrogens (tertiary/aromatic N) is 2. The number of hydrogen-bond acceptors (Lipinski definition) is 5. The Labute approximate surface area is 100 Å². The number of carboxylic acids is 1. The molecule has 94 valence electrons. The van der Waals surface area contributed by atoms with E-state index in [4.69, 9.17) is 10.8 Å². The van der Waals surface area contributed by atoms with Gasteiger partial charge in [0.1, 0.15) is 6.04 Å². The number of hydrogen-bond donors (Lipinski definition) is 3. The maximum absolute atomic E-state index is 11.1. The molecule has 0 aliphatic heterocycles. The Kier molecular flexibility index (Phi) is 4.84. The number of aromatic nitrogens is 2. The zero-order valence-electron chi connectivity index (χ0n) is 10.1. The summed E-state index contributed by atoms with van der Waals surface area (Å²) in [6.07, 6.45) is 3.98. The highest BCUT2D eigenvalue weighted by atomic mass is 16.4. The van der Waals surface area contributed by atoms with E-state index in [1.54, 1.807) is 12.4 Å². The van der Waals surface area contributed by atoms with Crippen molar-refractivity contribution in [3.8, 4) is 0 Å². The first kappa shape index (κ1) is 13.4. The summed E-state index contributed by atoms with van der Waals surface area (Å²) in [4.78, 5) is 18.8. The van der Waals surface area contributed by atoms with Crippen molar-refractivity contribution in [2.24, 2.45) is 5.92 Å².